The van der Waals surface area contributed by atoms with E-state index in [0.29, 0.717) is 5.69 Å². The minimum absolute atomic E-state index is 0.0231. The van der Waals surface area contributed by atoms with Gasteiger partial charge in [-0.15, -0.1) is 0 Å². The second kappa shape index (κ2) is 5.40. The number of nitrogens with one attached hydrogen (secondary N) is 1. The average molecular weight is 243 g/mol. The molecule has 0 atom stereocenters. The highest BCUT2D eigenvalue weighted by atomic mass is 19.4. The summed E-state index contributed by atoms with van der Waals surface area (Å²) in [5.74, 6) is 0. The van der Waals surface area contributed by atoms with Gasteiger partial charge in [-0.25, -0.2) is 0 Å². The number of carbonyl (C=O) groups excluding carboxylic acids is 1. The van der Waals surface area contributed by atoms with Crippen LogP contribution in [0.3, 0.4) is 0 Å². The Bertz CT molecular complexity index is 438. The highest BCUT2D eigenvalue weighted by Crippen LogP contribution is 2.19. The molecule has 0 aliphatic carbocycles. The highest BCUT2D eigenvalue weighted by molar-refractivity contribution is 6.15. The Kier molecular flexibility index (Phi) is 4.17. The van der Waals surface area contributed by atoms with Gasteiger partial charge < -0.3 is 0 Å². The summed E-state index contributed by atoms with van der Waals surface area (Å²) in [6.07, 6.45) is -3.80. The Morgan fingerprint density at radius 3 is 2.29 bits per heavy atom. The van der Waals surface area contributed by atoms with Crippen molar-refractivity contribution in [1.29, 1.82) is 5.41 Å². The molecule has 1 aromatic rings. The summed E-state index contributed by atoms with van der Waals surface area (Å²) in [6, 6.07) is 8.55. The zero-order valence-electron chi connectivity index (χ0n) is 8.66. The number of hydrogen-bond acceptors (Lipinski definition) is 2. The van der Waals surface area contributed by atoms with E-state index >= 15 is 0 Å². The Hall–Kier alpha value is -1.95. The lowest BCUT2D eigenvalue weighted by atomic mass is 10.2. The molecular formula is C11H10F3N2O+. The van der Waals surface area contributed by atoms with Gasteiger partial charge in [0.2, 0.25) is 0 Å². The fourth-order valence-corrected chi connectivity index (χ4v) is 1.10. The molecule has 3 N–H and O–H groups in total. The van der Waals surface area contributed by atoms with E-state index in [0.717, 1.165) is 6.20 Å². The van der Waals surface area contributed by atoms with E-state index in [2.05, 4.69) is 0 Å². The van der Waals surface area contributed by atoms with Crippen molar-refractivity contribution in [2.24, 2.45) is 0 Å². The summed E-state index contributed by atoms with van der Waals surface area (Å²) in [5.41, 5.74) is -1.68. The predicted molar refractivity (Wildman–Crippen MR) is 56.0 cm³/mol. The second-order valence-corrected chi connectivity index (χ2v) is 3.19. The maximum absolute atomic E-state index is 12.2. The van der Waals surface area contributed by atoms with E-state index < -0.39 is 17.5 Å². The third-order valence-electron chi connectivity index (χ3n) is 1.95. The normalized spacial score (nSPS) is 12.3. The molecule has 0 amide bonds. The molecule has 0 bridgehead atoms. The van der Waals surface area contributed by atoms with Gasteiger partial charge in [0, 0.05) is 0 Å². The van der Waals surface area contributed by atoms with Crippen LogP contribution in [0.25, 0.3) is 0 Å². The predicted octanol–water partition coefficient (Wildman–Crippen LogP) is 1.55. The van der Waals surface area contributed by atoms with Gasteiger partial charge in [-0.3, -0.25) is 15.5 Å². The van der Waals surface area contributed by atoms with Gasteiger partial charge in [0.25, 0.3) is 0 Å². The minimum atomic E-state index is -4.81. The van der Waals surface area contributed by atoms with Crippen LogP contribution < -0.4 is 5.32 Å². The number of nitrogens with two attached hydrogens (primary N) is 1. The van der Waals surface area contributed by atoms with Gasteiger partial charge in [-0.05, 0) is 12.1 Å². The number of hydrogen-bond donors (Lipinski definition) is 2. The molecule has 3 nitrogen and oxygen atoms in total. The monoisotopic (exact) mass is 243 g/mol. The van der Waals surface area contributed by atoms with Gasteiger partial charge >= 0.3 is 6.18 Å². The van der Waals surface area contributed by atoms with Crippen LogP contribution in [0.2, 0.25) is 0 Å². The van der Waals surface area contributed by atoms with E-state index in [1.807, 2.05) is 0 Å². The Morgan fingerprint density at radius 1 is 1.24 bits per heavy atom. The van der Waals surface area contributed by atoms with E-state index in [1.54, 1.807) is 30.3 Å². The van der Waals surface area contributed by atoms with Crippen LogP contribution >= 0.6 is 0 Å². The maximum Gasteiger partial charge on any atom is 0.433 e. The Morgan fingerprint density at radius 2 is 1.82 bits per heavy atom. The lowest BCUT2D eigenvalue weighted by Crippen LogP contribution is -2.71. The molecule has 1 rings (SSSR count). The number of alkyl halides is 3. The molecule has 0 heterocycles. The topological polar surface area (TPSA) is 57.5 Å². The van der Waals surface area contributed by atoms with Gasteiger partial charge in [0.05, 0.1) is 5.57 Å². The average Bonchev–Trinajstić information content (AvgIpc) is 2.30. The van der Waals surface area contributed by atoms with E-state index in [-0.39, 0.29) is 6.29 Å². The van der Waals surface area contributed by atoms with Crippen molar-refractivity contribution < 1.29 is 23.3 Å². The van der Waals surface area contributed by atoms with Gasteiger partial charge in [0.15, 0.2) is 12.0 Å². The van der Waals surface area contributed by atoms with Crippen molar-refractivity contribution in [3.63, 3.8) is 0 Å². The molecule has 17 heavy (non-hydrogen) atoms. The van der Waals surface area contributed by atoms with E-state index in [1.165, 1.54) is 5.32 Å². The Labute approximate surface area is 95.5 Å². The maximum atomic E-state index is 12.2. The number of rotatable bonds is 4. The van der Waals surface area contributed by atoms with Crippen LogP contribution in [0.15, 0.2) is 42.1 Å². The molecule has 0 saturated heterocycles. The summed E-state index contributed by atoms with van der Waals surface area (Å²) in [4.78, 5) is 10.5. The standard InChI is InChI=1S/C11H9F3N2O/c12-11(13,14)10(15)8(7-17)6-16-9-4-2-1-3-5-9/h1-7,15-16H/p+1/b8-6-,15-10?. The second-order valence-electron chi connectivity index (χ2n) is 3.19. The van der Waals surface area contributed by atoms with Crippen LogP contribution in [0.4, 0.5) is 18.9 Å². The first-order valence-corrected chi connectivity index (χ1v) is 4.66. The van der Waals surface area contributed by atoms with Gasteiger partial charge in [-0.2, -0.15) is 13.2 Å². The molecule has 6 heteroatoms. The van der Waals surface area contributed by atoms with Crippen molar-refractivity contribution in [2.45, 2.75) is 6.18 Å². The summed E-state index contributed by atoms with van der Waals surface area (Å²) < 4.78 is 36.5. The van der Waals surface area contributed by atoms with Crippen LogP contribution in [0.1, 0.15) is 0 Å². The Balaban J connectivity index is 2.82. The quantitative estimate of drug-likeness (QED) is 0.358. The molecular weight excluding hydrogens is 233 g/mol. The molecule has 0 fully saturated rings. The van der Waals surface area contributed by atoms with Crippen molar-refractivity contribution >= 4 is 17.7 Å². The molecule has 0 unspecified atom stereocenters. The summed E-state index contributed by atoms with van der Waals surface area (Å²) in [6.45, 7) is 0. The number of allylic oxidation sites excluding steroid dienone is 1. The fourth-order valence-electron chi connectivity index (χ4n) is 1.10. The zero-order chi connectivity index (χ0) is 12.9. The third-order valence-corrected chi connectivity index (χ3v) is 1.95. The van der Waals surface area contributed by atoms with Crippen molar-refractivity contribution in [3.05, 3.63) is 42.1 Å². The van der Waals surface area contributed by atoms with Crippen molar-refractivity contribution in [1.82, 2.24) is 0 Å². The molecule has 90 valence electrons. The van der Waals surface area contributed by atoms with Crippen molar-refractivity contribution in [3.8, 4) is 0 Å². The zero-order valence-corrected chi connectivity index (χ0v) is 8.66. The van der Waals surface area contributed by atoms with Crippen LogP contribution in [-0.4, -0.2) is 18.2 Å². The van der Waals surface area contributed by atoms with E-state index in [9.17, 15) is 18.0 Å². The van der Waals surface area contributed by atoms with Crippen LogP contribution in [0.5, 0.6) is 0 Å². The number of para-hydroxylation sites is 1. The number of quaternary nitrogens is 1. The molecule has 0 aromatic heterocycles. The third kappa shape index (κ3) is 3.84. The molecule has 1 aromatic carbocycles. The minimum Gasteiger partial charge on any atom is -0.298 e. The highest BCUT2D eigenvalue weighted by Gasteiger charge is 2.37. The molecule has 0 aliphatic rings. The number of carbonyl (C=O) groups is 1. The van der Waals surface area contributed by atoms with Gasteiger partial charge in [-0.1, -0.05) is 18.2 Å². The fraction of sp³-hybridized carbons (Fsp3) is 0.0909. The summed E-state index contributed by atoms with van der Waals surface area (Å²) >= 11 is 0. The van der Waals surface area contributed by atoms with E-state index in [4.69, 9.17) is 5.41 Å². The van der Waals surface area contributed by atoms with Crippen LogP contribution in [0, 0.1) is 5.41 Å². The summed E-state index contributed by atoms with van der Waals surface area (Å²) in [7, 11) is 0. The SMILES string of the molecule is N=C(/C(C=O)=C\[NH2+]c1ccccc1)C(F)(F)F. The largest absolute Gasteiger partial charge is 0.433 e. The molecule has 0 saturated carbocycles. The number of aldehydes is 1. The first-order chi connectivity index (χ1) is 7.95. The van der Waals surface area contributed by atoms with Crippen LogP contribution in [-0.2, 0) is 4.79 Å². The number of benzene rings is 1. The smallest absolute Gasteiger partial charge is 0.298 e. The first kappa shape index (κ1) is 13.1. The molecule has 0 aliphatic heterocycles. The lowest BCUT2D eigenvalue weighted by molar-refractivity contribution is -0.496. The number of halogens is 3. The van der Waals surface area contributed by atoms with Crippen molar-refractivity contribution in [2.75, 3.05) is 0 Å². The van der Waals surface area contributed by atoms with Gasteiger partial charge in [0.1, 0.15) is 11.9 Å². The first-order valence-electron chi connectivity index (χ1n) is 4.66. The lowest BCUT2D eigenvalue weighted by Gasteiger charge is -2.06. The molecule has 0 spiro atoms. The molecule has 0 radical (unpaired) electrons. The summed E-state index contributed by atoms with van der Waals surface area (Å²) in [5, 5.41) is 8.17.